The Labute approximate surface area is 107 Å². The van der Waals surface area contributed by atoms with E-state index in [0.29, 0.717) is 6.42 Å². The predicted molar refractivity (Wildman–Crippen MR) is 70.7 cm³/mol. The lowest BCUT2D eigenvalue weighted by Crippen LogP contribution is -2.02. The summed E-state index contributed by atoms with van der Waals surface area (Å²) in [5.74, 6) is 1.75. The van der Waals surface area contributed by atoms with E-state index in [0.717, 1.165) is 28.5 Å². The van der Waals surface area contributed by atoms with Crippen LogP contribution in [-0.4, -0.2) is 28.4 Å². The molecular formula is C14H18N2O2. The van der Waals surface area contributed by atoms with Gasteiger partial charge in [0.25, 0.3) is 0 Å². The maximum Gasteiger partial charge on any atom is 0.118 e. The van der Waals surface area contributed by atoms with Crippen molar-refractivity contribution in [3.63, 3.8) is 0 Å². The van der Waals surface area contributed by atoms with Gasteiger partial charge in [-0.05, 0) is 31.2 Å². The summed E-state index contributed by atoms with van der Waals surface area (Å²) < 4.78 is 7.19. The third-order valence-corrected chi connectivity index (χ3v) is 3.06. The number of hydrogen-bond acceptors (Lipinski definition) is 3. The molecule has 0 radical (unpaired) electrons. The second-order valence-corrected chi connectivity index (χ2v) is 4.22. The van der Waals surface area contributed by atoms with Crippen molar-refractivity contribution >= 4 is 0 Å². The number of nitrogens with zero attached hydrogens (tertiary/aromatic N) is 2. The van der Waals surface area contributed by atoms with Gasteiger partial charge in [0.1, 0.15) is 11.6 Å². The fraction of sp³-hybridized carbons (Fsp3) is 0.357. The molecule has 0 amide bonds. The standard InChI is InChI=1S/C14H18N2O2/c1-10-14(16(2)13(15-10)8-9-17)11-4-6-12(18-3)7-5-11/h4-7,17H,8-9H2,1-3H3. The van der Waals surface area contributed by atoms with E-state index in [1.54, 1.807) is 7.11 Å². The van der Waals surface area contributed by atoms with Crippen molar-refractivity contribution in [1.29, 1.82) is 0 Å². The lowest BCUT2D eigenvalue weighted by Gasteiger charge is -2.07. The SMILES string of the molecule is COc1ccc(-c2c(C)nc(CCO)n2C)cc1. The summed E-state index contributed by atoms with van der Waals surface area (Å²) in [6.45, 7) is 2.10. The Balaban J connectivity index is 2.43. The first-order valence-electron chi connectivity index (χ1n) is 5.95. The predicted octanol–water partition coefficient (Wildman–Crippen LogP) is 1.94. The lowest BCUT2D eigenvalue weighted by atomic mass is 10.1. The van der Waals surface area contributed by atoms with E-state index in [-0.39, 0.29) is 6.61 Å². The molecule has 2 rings (SSSR count). The largest absolute Gasteiger partial charge is 0.497 e. The number of aromatic nitrogens is 2. The molecule has 0 aliphatic rings. The minimum Gasteiger partial charge on any atom is -0.497 e. The zero-order valence-corrected chi connectivity index (χ0v) is 11.0. The summed E-state index contributed by atoms with van der Waals surface area (Å²) >= 11 is 0. The van der Waals surface area contributed by atoms with Crippen LogP contribution in [0, 0.1) is 6.92 Å². The fourth-order valence-corrected chi connectivity index (χ4v) is 2.17. The van der Waals surface area contributed by atoms with Gasteiger partial charge in [-0.2, -0.15) is 0 Å². The highest BCUT2D eigenvalue weighted by atomic mass is 16.5. The Hall–Kier alpha value is -1.81. The summed E-state index contributed by atoms with van der Waals surface area (Å²) in [5, 5.41) is 9.01. The molecule has 0 aliphatic carbocycles. The minimum atomic E-state index is 0.117. The van der Waals surface area contributed by atoms with Crippen molar-refractivity contribution in [3.8, 4) is 17.0 Å². The van der Waals surface area contributed by atoms with Crippen LogP contribution in [0.25, 0.3) is 11.3 Å². The molecule has 4 nitrogen and oxygen atoms in total. The second-order valence-electron chi connectivity index (χ2n) is 4.22. The number of hydrogen-bond donors (Lipinski definition) is 1. The Morgan fingerprint density at radius 3 is 2.50 bits per heavy atom. The van der Waals surface area contributed by atoms with Crippen molar-refractivity contribution in [2.45, 2.75) is 13.3 Å². The maximum atomic E-state index is 9.01. The molecule has 1 aromatic heterocycles. The van der Waals surface area contributed by atoms with Gasteiger partial charge in [-0.15, -0.1) is 0 Å². The number of benzene rings is 1. The topological polar surface area (TPSA) is 47.3 Å². The lowest BCUT2D eigenvalue weighted by molar-refractivity contribution is 0.295. The highest BCUT2D eigenvalue weighted by Crippen LogP contribution is 2.26. The summed E-state index contributed by atoms with van der Waals surface area (Å²) in [6.07, 6.45) is 0.577. The molecule has 0 spiro atoms. The summed E-state index contributed by atoms with van der Waals surface area (Å²) in [7, 11) is 3.63. The summed E-state index contributed by atoms with van der Waals surface area (Å²) in [5.41, 5.74) is 3.17. The first-order chi connectivity index (χ1) is 8.67. The average Bonchev–Trinajstić information content (AvgIpc) is 2.65. The van der Waals surface area contributed by atoms with E-state index in [2.05, 4.69) is 4.98 Å². The molecule has 0 unspecified atom stereocenters. The molecule has 0 bridgehead atoms. The Morgan fingerprint density at radius 1 is 1.28 bits per heavy atom. The van der Waals surface area contributed by atoms with E-state index in [1.165, 1.54) is 0 Å². The Kier molecular flexibility index (Phi) is 3.67. The van der Waals surface area contributed by atoms with E-state index in [1.807, 2.05) is 42.8 Å². The van der Waals surface area contributed by atoms with Crippen LogP contribution in [0.4, 0.5) is 0 Å². The third-order valence-electron chi connectivity index (χ3n) is 3.06. The van der Waals surface area contributed by atoms with Gasteiger partial charge in [0.15, 0.2) is 0 Å². The first-order valence-corrected chi connectivity index (χ1v) is 5.95. The quantitative estimate of drug-likeness (QED) is 0.896. The molecule has 1 heterocycles. The molecule has 0 saturated heterocycles. The molecule has 1 aromatic carbocycles. The molecule has 1 N–H and O–H groups in total. The van der Waals surface area contributed by atoms with Crippen LogP contribution in [0.1, 0.15) is 11.5 Å². The molecule has 2 aromatic rings. The highest BCUT2D eigenvalue weighted by molar-refractivity contribution is 5.63. The highest BCUT2D eigenvalue weighted by Gasteiger charge is 2.12. The van der Waals surface area contributed by atoms with E-state index < -0.39 is 0 Å². The number of rotatable bonds is 4. The number of aryl methyl sites for hydroxylation is 1. The normalized spacial score (nSPS) is 10.7. The van der Waals surface area contributed by atoms with Gasteiger partial charge in [-0.1, -0.05) is 0 Å². The van der Waals surface area contributed by atoms with Crippen LogP contribution in [0.15, 0.2) is 24.3 Å². The molecule has 0 fully saturated rings. The zero-order valence-electron chi connectivity index (χ0n) is 11.0. The van der Waals surface area contributed by atoms with Crippen LogP contribution in [-0.2, 0) is 13.5 Å². The molecule has 0 atom stereocenters. The van der Waals surface area contributed by atoms with Crippen LogP contribution < -0.4 is 4.74 Å². The van der Waals surface area contributed by atoms with Gasteiger partial charge in [-0.25, -0.2) is 4.98 Å². The average molecular weight is 246 g/mol. The van der Waals surface area contributed by atoms with Crippen molar-refractivity contribution < 1.29 is 9.84 Å². The molecule has 4 heteroatoms. The molecule has 0 saturated carbocycles. The Morgan fingerprint density at radius 2 is 1.94 bits per heavy atom. The van der Waals surface area contributed by atoms with Crippen molar-refractivity contribution in [2.75, 3.05) is 13.7 Å². The van der Waals surface area contributed by atoms with Crippen molar-refractivity contribution in [2.24, 2.45) is 7.05 Å². The summed E-state index contributed by atoms with van der Waals surface area (Å²) in [4.78, 5) is 4.49. The van der Waals surface area contributed by atoms with Gasteiger partial charge < -0.3 is 14.4 Å². The number of imidazole rings is 1. The first kappa shape index (κ1) is 12.6. The van der Waals surface area contributed by atoms with Gasteiger partial charge in [0, 0.05) is 19.0 Å². The molecule has 0 aliphatic heterocycles. The number of ether oxygens (including phenoxy) is 1. The molecule has 96 valence electrons. The second kappa shape index (κ2) is 5.23. The fourth-order valence-electron chi connectivity index (χ4n) is 2.17. The smallest absolute Gasteiger partial charge is 0.118 e. The van der Waals surface area contributed by atoms with E-state index >= 15 is 0 Å². The van der Waals surface area contributed by atoms with Crippen LogP contribution in [0.5, 0.6) is 5.75 Å². The molecule has 18 heavy (non-hydrogen) atoms. The number of aliphatic hydroxyl groups is 1. The van der Waals surface area contributed by atoms with Crippen LogP contribution in [0.2, 0.25) is 0 Å². The third kappa shape index (κ3) is 2.24. The maximum absolute atomic E-state index is 9.01. The van der Waals surface area contributed by atoms with Crippen LogP contribution in [0.3, 0.4) is 0 Å². The number of aliphatic hydroxyl groups excluding tert-OH is 1. The van der Waals surface area contributed by atoms with Crippen LogP contribution >= 0.6 is 0 Å². The van der Waals surface area contributed by atoms with Gasteiger partial charge in [0.05, 0.1) is 25.1 Å². The van der Waals surface area contributed by atoms with Crippen molar-refractivity contribution in [3.05, 3.63) is 35.8 Å². The Bertz CT molecular complexity index is 529. The van der Waals surface area contributed by atoms with Gasteiger partial charge in [-0.3, -0.25) is 0 Å². The minimum absolute atomic E-state index is 0.117. The van der Waals surface area contributed by atoms with E-state index in [9.17, 15) is 0 Å². The van der Waals surface area contributed by atoms with Crippen molar-refractivity contribution in [1.82, 2.24) is 9.55 Å². The van der Waals surface area contributed by atoms with E-state index in [4.69, 9.17) is 9.84 Å². The van der Waals surface area contributed by atoms with Gasteiger partial charge in [0.2, 0.25) is 0 Å². The number of methoxy groups -OCH3 is 1. The summed E-state index contributed by atoms with van der Waals surface area (Å²) in [6, 6.07) is 7.91. The van der Waals surface area contributed by atoms with Gasteiger partial charge >= 0.3 is 0 Å². The molecular weight excluding hydrogens is 228 g/mol. The monoisotopic (exact) mass is 246 g/mol. The zero-order chi connectivity index (χ0) is 13.1.